The first-order valence-corrected chi connectivity index (χ1v) is 8.64. The van der Waals surface area contributed by atoms with Gasteiger partial charge in [-0.15, -0.1) is 0 Å². The highest BCUT2D eigenvalue weighted by molar-refractivity contribution is 5.55. The molecule has 0 unspecified atom stereocenters. The van der Waals surface area contributed by atoms with Crippen molar-refractivity contribution in [3.05, 3.63) is 48.3 Å². The van der Waals surface area contributed by atoms with Gasteiger partial charge in [-0.25, -0.2) is 4.39 Å². The van der Waals surface area contributed by atoms with Gasteiger partial charge in [0, 0.05) is 56.7 Å². The van der Waals surface area contributed by atoms with E-state index >= 15 is 0 Å². The van der Waals surface area contributed by atoms with E-state index in [1.165, 1.54) is 12.1 Å². The minimum Gasteiger partial charge on any atom is -0.454 e. The number of anilines is 2. The first-order valence-electron chi connectivity index (χ1n) is 8.64. The Morgan fingerprint density at radius 2 is 1.68 bits per heavy atom. The molecule has 132 valence electrons. The normalized spacial score (nSPS) is 16.9. The molecule has 0 bridgehead atoms. The minimum atomic E-state index is -0.183. The summed E-state index contributed by atoms with van der Waals surface area (Å²) in [4.78, 5) is 4.75. The Bertz CT molecular complexity index is 715. The third-order valence-electron chi connectivity index (χ3n) is 4.69. The van der Waals surface area contributed by atoms with Crippen LogP contribution in [0.3, 0.4) is 0 Å². The second-order valence-corrected chi connectivity index (χ2v) is 6.30. The standard InChI is InChI=1S/C19H22FN3O2/c20-15-1-4-17(5-2-15)23-11-9-22(10-12-23)8-7-21-16-3-6-18-19(13-16)25-14-24-18/h1-6,13,21H,7-12,14H2. The van der Waals surface area contributed by atoms with E-state index in [1.807, 2.05) is 30.3 Å². The molecule has 25 heavy (non-hydrogen) atoms. The highest BCUT2D eigenvalue weighted by atomic mass is 19.1. The molecule has 1 N–H and O–H groups in total. The van der Waals surface area contributed by atoms with Crippen molar-refractivity contribution in [3.8, 4) is 11.5 Å². The maximum Gasteiger partial charge on any atom is 0.231 e. The fourth-order valence-corrected chi connectivity index (χ4v) is 3.25. The van der Waals surface area contributed by atoms with Crippen molar-refractivity contribution in [3.63, 3.8) is 0 Å². The van der Waals surface area contributed by atoms with Gasteiger partial charge in [0.1, 0.15) is 5.82 Å². The average molecular weight is 343 g/mol. The largest absolute Gasteiger partial charge is 0.454 e. The Morgan fingerprint density at radius 3 is 2.48 bits per heavy atom. The van der Waals surface area contributed by atoms with Gasteiger partial charge in [0.2, 0.25) is 6.79 Å². The zero-order valence-corrected chi connectivity index (χ0v) is 14.1. The van der Waals surface area contributed by atoms with E-state index in [2.05, 4.69) is 15.1 Å². The molecule has 0 aromatic heterocycles. The molecule has 2 aliphatic rings. The Balaban J connectivity index is 1.22. The lowest BCUT2D eigenvalue weighted by Gasteiger charge is -2.36. The molecule has 0 radical (unpaired) electrons. The molecule has 6 heteroatoms. The lowest BCUT2D eigenvalue weighted by molar-refractivity contribution is 0.174. The molecule has 0 spiro atoms. The van der Waals surface area contributed by atoms with Crippen molar-refractivity contribution in [2.45, 2.75) is 0 Å². The first-order chi connectivity index (χ1) is 12.3. The lowest BCUT2D eigenvalue weighted by atomic mass is 10.2. The third-order valence-corrected chi connectivity index (χ3v) is 4.69. The van der Waals surface area contributed by atoms with Crippen LogP contribution in [0.25, 0.3) is 0 Å². The summed E-state index contributed by atoms with van der Waals surface area (Å²) < 4.78 is 23.7. The van der Waals surface area contributed by atoms with Crippen LogP contribution in [-0.4, -0.2) is 51.0 Å². The van der Waals surface area contributed by atoms with E-state index in [0.717, 1.165) is 62.1 Å². The fourth-order valence-electron chi connectivity index (χ4n) is 3.25. The van der Waals surface area contributed by atoms with E-state index in [-0.39, 0.29) is 5.82 Å². The lowest BCUT2D eigenvalue weighted by Crippen LogP contribution is -2.47. The van der Waals surface area contributed by atoms with E-state index in [9.17, 15) is 4.39 Å². The van der Waals surface area contributed by atoms with Crippen LogP contribution >= 0.6 is 0 Å². The zero-order valence-electron chi connectivity index (χ0n) is 14.1. The van der Waals surface area contributed by atoms with Crippen molar-refractivity contribution < 1.29 is 13.9 Å². The van der Waals surface area contributed by atoms with E-state index in [0.29, 0.717) is 6.79 Å². The monoisotopic (exact) mass is 343 g/mol. The van der Waals surface area contributed by atoms with Gasteiger partial charge in [0.15, 0.2) is 11.5 Å². The zero-order chi connectivity index (χ0) is 17.1. The molecule has 2 aromatic carbocycles. The molecular weight excluding hydrogens is 321 g/mol. The summed E-state index contributed by atoms with van der Waals surface area (Å²) in [6.45, 7) is 6.14. The van der Waals surface area contributed by atoms with E-state index in [1.54, 1.807) is 0 Å². The smallest absolute Gasteiger partial charge is 0.231 e. The van der Waals surface area contributed by atoms with Gasteiger partial charge in [-0.05, 0) is 36.4 Å². The highest BCUT2D eigenvalue weighted by Crippen LogP contribution is 2.34. The van der Waals surface area contributed by atoms with Crippen LogP contribution in [-0.2, 0) is 0 Å². The molecule has 1 fully saturated rings. The number of nitrogens with one attached hydrogen (secondary N) is 1. The molecule has 2 aromatic rings. The number of ether oxygens (including phenoxy) is 2. The molecular formula is C19H22FN3O2. The van der Waals surface area contributed by atoms with Crippen molar-refractivity contribution in [1.82, 2.24) is 4.90 Å². The first kappa shape index (κ1) is 16.0. The Hall–Kier alpha value is -2.47. The van der Waals surface area contributed by atoms with Crippen LogP contribution in [0.1, 0.15) is 0 Å². The van der Waals surface area contributed by atoms with Crippen LogP contribution < -0.4 is 19.7 Å². The third kappa shape index (κ3) is 3.79. The van der Waals surface area contributed by atoms with Crippen molar-refractivity contribution in [2.75, 3.05) is 56.3 Å². The van der Waals surface area contributed by atoms with Crippen molar-refractivity contribution >= 4 is 11.4 Å². The number of nitrogens with zero attached hydrogens (tertiary/aromatic N) is 2. The van der Waals surface area contributed by atoms with Crippen LogP contribution in [0, 0.1) is 5.82 Å². The number of halogens is 1. The number of benzene rings is 2. The van der Waals surface area contributed by atoms with Gasteiger partial charge < -0.3 is 19.7 Å². The molecule has 5 nitrogen and oxygen atoms in total. The molecule has 0 atom stereocenters. The predicted octanol–water partition coefficient (Wildman–Crippen LogP) is 2.79. The van der Waals surface area contributed by atoms with Gasteiger partial charge in [0.05, 0.1) is 0 Å². The fraction of sp³-hybridized carbons (Fsp3) is 0.368. The second kappa shape index (κ2) is 7.19. The van der Waals surface area contributed by atoms with Crippen LogP contribution in [0.2, 0.25) is 0 Å². The van der Waals surface area contributed by atoms with Gasteiger partial charge >= 0.3 is 0 Å². The summed E-state index contributed by atoms with van der Waals surface area (Å²) in [6, 6.07) is 12.7. The second-order valence-electron chi connectivity index (χ2n) is 6.30. The molecule has 2 heterocycles. The quantitative estimate of drug-likeness (QED) is 0.904. The predicted molar refractivity (Wildman–Crippen MR) is 96.1 cm³/mol. The summed E-state index contributed by atoms with van der Waals surface area (Å²) >= 11 is 0. The number of fused-ring (bicyclic) bond motifs is 1. The number of hydrogen-bond donors (Lipinski definition) is 1. The summed E-state index contributed by atoms with van der Waals surface area (Å²) in [5.41, 5.74) is 2.15. The van der Waals surface area contributed by atoms with Crippen molar-refractivity contribution in [2.24, 2.45) is 0 Å². The Morgan fingerprint density at radius 1 is 0.920 bits per heavy atom. The summed E-state index contributed by atoms with van der Waals surface area (Å²) in [5.74, 6) is 1.43. The molecule has 0 amide bonds. The van der Waals surface area contributed by atoms with Gasteiger partial charge in [-0.2, -0.15) is 0 Å². The molecule has 0 aliphatic carbocycles. The topological polar surface area (TPSA) is 37.0 Å². The summed E-state index contributed by atoms with van der Waals surface area (Å²) in [7, 11) is 0. The van der Waals surface area contributed by atoms with Gasteiger partial charge in [-0.3, -0.25) is 4.90 Å². The SMILES string of the molecule is Fc1ccc(N2CCN(CCNc3ccc4c(c3)OCO4)CC2)cc1. The highest BCUT2D eigenvalue weighted by Gasteiger charge is 2.17. The Labute approximate surface area is 146 Å². The van der Waals surface area contributed by atoms with E-state index < -0.39 is 0 Å². The number of piperazine rings is 1. The van der Waals surface area contributed by atoms with Crippen LogP contribution in [0.4, 0.5) is 15.8 Å². The summed E-state index contributed by atoms with van der Waals surface area (Å²) in [5, 5.41) is 3.44. The molecule has 0 saturated carbocycles. The minimum absolute atomic E-state index is 0.183. The Kier molecular flexibility index (Phi) is 4.61. The average Bonchev–Trinajstić information content (AvgIpc) is 3.11. The maximum atomic E-state index is 13.0. The van der Waals surface area contributed by atoms with Gasteiger partial charge in [0.25, 0.3) is 0 Å². The maximum absolute atomic E-state index is 13.0. The molecule has 2 aliphatic heterocycles. The van der Waals surface area contributed by atoms with E-state index in [4.69, 9.17) is 9.47 Å². The van der Waals surface area contributed by atoms with Gasteiger partial charge in [-0.1, -0.05) is 0 Å². The summed E-state index contributed by atoms with van der Waals surface area (Å²) in [6.07, 6.45) is 0. The van der Waals surface area contributed by atoms with Crippen LogP contribution in [0.5, 0.6) is 11.5 Å². The number of hydrogen-bond acceptors (Lipinski definition) is 5. The van der Waals surface area contributed by atoms with Crippen molar-refractivity contribution in [1.29, 1.82) is 0 Å². The molecule has 1 saturated heterocycles. The molecule has 4 rings (SSSR count). The van der Waals surface area contributed by atoms with Crippen LogP contribution in [0.15, 0.2) is 42.5 Å². The number of rotatable bonds is 5.